The average Bonchev–Trinajstić information content (AvgIpc) is 2.88. The Labute approximate surface area is 132 Å². The lowest BCUT2D eigenvalue weighted by atomic mass is 10.3. The fraction of sp³-hybridized carbons (Fsp3) is 0.500. The predicted octanol–water partition coefficient (Wildman–Crippen LogP) is 1.74. The van der Waals surface area contributed by atoms with E-state index in [0.29, 0.717) is 12.3 Å². The third-order valence-electron chi connectivity index (χ3n) is 3.05. The number of amides is 1. The van der Waals surface area contributed by atoms with Crippen molar-refractivity contribution in [3.05, 3.63) is 27.7 Å². The van der Waals surface area contributed by atoms with E-state index in [2.05, 4.69) is 32.8 Å². The molecule has 20 heavy (non-hydrogen) atoms. The molecule has 5 nitrogen and oxygen atoms in total. The van der Waals surface area contributed by atoms with E-state index >= 15 is 0 Å². The summed E-state index contributed by atoms with van der Waals surface area (Å²) in [5.41, 5.74) is 0. The van der Waals surface area contributed by atoms with Crippen LogP contribution in [0.4, 0.5) is 0 Å². The number of hydrogen-bond donors (Lipinski definition) is 1. The van der Waals surface area contributed by atoms with Crippen LogP contribution in [-0.2, 0) is 9.53 Å². The fourth-order valence-electron chi connectivity index (χ4n) is 1.97. The summed E-state index contributed by atoms with van der Waals surface area (Å²) in [6, 6.07) is 3.70. The van der Waals surface area contributed by atoms with E-state index in [-0.39, 0.29) is 5.91 Å². The number of hydrogen-bond acceptors (Lipinski definition) is 4. The molecule has 1 N–H and O–H groups in total. The second kappa shape index (κ2) is 8.43. The zero-order chi connectivity index (χ0) is 14.2. The molecule has 0 aromatic carbocycles. The number of carbonyl (C=O) groups is 1. The molecule has 0 saturated carbocycles. The van der Waals surface area contributed by atoms with E-state index in [1.165, 1.54) is 6.08 Å². The van der Waals surface area contributed by atoms with E-state index < -0.39 is 0 Å². The molecule has 2 heterocycles. The van der Waals surface area contributed by atoms with Gasteiger partial charge in [-0.15, -0.1) is 0 Å². The maximum atomic E-state index is 11.6. The Bertz CT molecular complexity index is 453. The van der Waals surface area contributed by atoms with Crippen LogP contribution >= 0.6 is 22.6 Å². The minimum Gasteiger partial charge on any atom is -0.451 e. The lowest BCUT2D eigenvalue weighted by Crippen LogP contribution is -2.38. The van der Waals surface area contributed by atoms with Crippen LogP contribution in [0.15, 0.2) is 22.6 Å². The second-order valence-corrected chi connectivity index (χ2v) is 5.64. The van der Waals surface area contributed by atoms with E-state index in [0.717, 1.165) is 43.0 Å². The molecule has 0 atom stereocenters. The molecule has 0 aliphatic carbocycles. The summed E-state index contributed by atoms with van der Waals surface area (Å²) in [4.78, 5) is 14.0. The molecule has 1 aromatic rings. The van der Waals surface area contributed by atoms with Crippen molar-refractivity contribution in [1.82, 2.24) is 10.2 Å². The van der Waals surface area contributed by atoms with Gasteiger partial charge in [-0.2, -0.15) is 0 Å². The van der Waals surface area contributed by atoms with Gasteiger partial charge in [0.1, 0.15) is 5.76 Å². The van der Waals surface area contributed by atoms with E-state index in [9.17, 15) is 4.79 Å². The number of rotatable bonds is 6. The predicted molar refractivity (Wildman–Crippen MR) is 85.3 cm³/mol. The molecule has 6 heteroatoms. The summed E-state index contributed by atoms with van der Waals surface area (Å²) >= 11 is 2.09. The summed E-state index contributed by atoms with van der Waals surface area (Å²) in [5, 5.41) is 2.87. The summed E-state index contributed by atoms with van der Waals surface area (Å²) in [5.74, 6) is 0.608. The first-order valence-electron chi connectivity index (χ1n) is 6.75. The molecule has 1 amide bonds. The van der Waals surface area contributed by atoms with Crippen LogP contribution in [0, 0.1) is 3.77 Å². The lowest BCUT2D eigenvalue weighted by molar-refractivity contribution is -0.116. The molecular weight excluding hydrogens is 371 g/mol. The molecule has 1 aromatic heterocycles. The van der Waals surface area contributed by atoms with Crippen molar-refractivity contribution in [1.29, 1.82) is 0 Å². The quantitative estimate of drug-likeness (QED) is 0.457. The number of ether oxygens (including phenoxy) is 1. The van der Waals surface area contributed by atoms with Gasteiger partial charge in [0.25, 0.3) is 0 Å². The molecule has 0 unspecified atom stereocenters. The van der Waals surface area contributed by atoms with Gasteiger partial charge in [0.15, 0.2) is 3.77 Å². The van der Waals surface area contributed by atoms with Gasteiger partial charge in [-0.05, 0) is 53.8 Å². The Kier molecular flexibility index (Phi) is 6.55. The van der Waals surface area contributed by atoms with Gasteiger partial charge in [0, 0.05) is 25.7 Å². The Balaban J connectivity index is 1.59. The van der Waals surface area contributed by atoms with Crippen molar-refractivity contribution in [3.63, 3.8) is 0 Å². The standard InChI is InChI=1S/C14H19IN2O3/c15-13-4-2-12(20-13)3-5-14(18)16-6-1-7-17-8-10-19-11-9-17/h2-5H,1,6-11H2,(H,16,18)/b5-3+. The Morgan fingerprint density at radius 3 is 2.90 bits per heavy atom. The average molecular weight is 390 g/mol. The summed E-state index contributed by atoms with van der Waals surface area (Å²) < 4.78 is 11.4. The number of nitrogens with one attached hydrogen (secondary N) is 1. The maximum Gasteiger partial charge on any atom is 0.244 e. The highest BCUT2D eigenvalue weighted by Gasteiger charge is 2.09. The van der Waals surface area contributed by atoms with Gasteiger partial charge in [-0.25, -0.2) is 0 Å². The molecular formula is C14H19IN2O3. The van der Waals surface area contributed by atoms with E-state index in [1.807, 2.05) is 12.1 Å². The summed E-state index contributed by atoms with van der Waals surface area (Å²) in [6.45, 7) is 5.31. The zero-order valence-corrected chi connectivity index (χ0v) is 13.5. The molecule has 0 bridgehead atoms. The second-order valence-electron chi connectivity index (χ2n) is 4.57. The van der Waals surface area contributed by atoms with E-state index in [1.54, 1.807) is 6.08 Å². The number of furan rings is 1. The molecule has 0 radical (unpaired) electrons. The smallest absolute Gasteiger partial charge is 0.244 e. The number of morpholine rings is 1. The highest BCUT2D eigenvalue weighted by atomic mass is 127. The number of halogens is 1. The molecule has 1 saturated heterocycles. The number of carbonyl (C=O) groups excluding carboxylic acids is 1. The van der Waals surface area contributed by atoms with Gasteiger partial charge in [0.2, 0.25) is 5.91 Å². The molecule has 2 rings (SSSR count). The first-order chi connectivity index (χ1) is 9.74. The largest absolute Gasteiger partial charge is 0.451 e. The Morgan fingerprint density at radius 2 is 2.20 bits per heavy atom. The van der Waals surface area contributed by atoms with Crippen molar-refractivity contribution in [2.24, 2.45) is 0 Å². The van der Waals surface area contributed by atoms with Crippen molar-refractivity contribution >= 4 is 34.6 Å². The highest BCUT2D eigenvalue weighted by Crippen LogP contribution is 2.11. The van der Waals surface area contributed by atoms with Crippen LogP contribution in [0.5, 0.6) is 0 Å². The van der Waals surface area contributed by atoms with Crippen molar-refractivity contribution in [2.75, 3.05) is 39.4 Å². The first-order valence-corrected chi connectivity index (χ1v) is 7.83. The minimum atomic E-state index is -0.0848. The maximum absolute atomic E-state index is 11.6. The van der Waals surface area contributed by atoms with Crippen LogP contribution in [0.2, 0.25) is 0 Å². The molecule has 1 aliphatic rings. The SMILES string of the molecule is O=C(/C=C/c1ccc(I)o1)NCCCN1CCOCC1. The van der Waals surface area contributed by atoms with Crippen molar-refractivity contribution in [3.8, 4) is 0 Å². The first kappa shape index (κ1) is 15.5. The van der Waals surface area contributed by atoms with Crippen LogP contribution in [0.1, 0.15) is 12.2 Å². The van der Waals surface area contributed by atoms with E-state index in [4.69, 9.17) is 9.15 Å². The molecule has 1 aliphatic heterocycles. The molecule has 1 fully saturated rings. The van der Waals surface area contributed by atoms with Crippen LogP contribution in [0.3, 0.4) is 0 Å². The normalized spacial score (nSPS) is 16.6. The fourth-order valence-corrected chi connectivity index (χ4v) is 2.41. The summed E-state index contributed by atoms with van der Waals surface area (Å²) in [6.07, 6.45) is 4.14. The Hall–Kier alpha value is -0.860. The highest BCUT2D eigenvalue weighted by molar-refractivity contribution is 14.1. The lowest BCUT2D eigenvalue weighted by Gasteiger charge is -2.26. The summed E-state index contributed by atoms with van der Waals surface area (Å²) in [7, 11) is 0. The topological polar surface area (TPSA) is 54.7 Å². The zero-order valence-electron chi connectivity index (χ0n) is 11.3. The molecule has 0 spiro atoms. The van der Waals surface area contributed by atoms with Crippen LogP contribution < -0.4 is 5.32 Å². The molecule has 110 valence electrons. The van der Waals surface area contributed by atoms with Crippen molar-refractivity contribution < 1.29 is 13.9 Å². The van der Waals surface area contributed by atoms with Crippen LogP contribution in [-0.4, -0.2) is 50.2 Å². The van der Waals surface area contributed by atoms with Gasteiger partial charge in [-0.1, -0.05) is 0 Å². The third kappa shape index (κ3) is 5.64. The monoisotopic (exact) mass is 390 g/mol. The third-order valence-corrected chi connectivity index (χ3v) is 3.63. The number of nitrogens with zero attached hydrogens (tertiary/aromatic N) is 1. The van der Waals surface area contributed by atoms with Gasteiger partial charge >= 0.3 is 0 Å². The van der Waals surface area contributed by atoms with Gasteiger partial charge in [0.05, 0.1) is 13.2 Å². The van der Waals surface area contributed by atoms with Gasteiger partial charge < -0.3 is 14.5 Å². The minimum absolute atomic E-state index is 0.0848. The Morgan fingerprint density at radius 1 is 1.40 bits per heavy atom. The van der Waals surface area contributed by atoms with Crippen molar-refractivity contribution in [2.45, 2.75) is 6.42 Å². The van der Waals surface area contributed by atoms with Crippen LogP contribution in [0.25, 0.3) is 6.08 Å². The van der Waals surface area contributed by atoms with Gasteiger partial charge in [-0.3, -0.25) is 9.69 Å².